The second-order valence-electron chi connectivity index (χ2n) is 8.58. The first-order valence-electron chi connectivity index (χ1n) is 11.3. The lowest BCUT2D eigenvalue weighted by atomic mass is 10.00. The molecular weight excluding hydrogens is 420 g/mol. The maximum Gasteiger partial charge on any atom is 0.258 e. The Bertz CT molecular complexity index is 1160. The Labute approximate surface area is 192 Å². The summed E-state index contributed by atoms with van der Waals surface area (Å²) < 4.78 is 7.02. The average molecular weight is 451 g/mol. The van der Waals surface area contributed by atoms with E-state index in [1.165, 1.54) is 0 Å². The summed E-state index contributed by atoms with van der Waals surface area (Å²) in [6, 6.07) is 8.52. The molecule has 0 saturated carbocycles. The monoisotopic (exact) mass is 450 g/mol. The number of hydrogen-bond donors (Lipinski definition) is 2. The maximum atomic E-state index is 13.0. The fraction of sp³-hybridized carbons (Fsp3) is 0.417. The number of hydrogen-bond acceptors (Lipinski definition) is 6. The molecule has 0 aliphatic carbocycles. The van der Waals surface area contributed by atoms with Crippen molar-refractivity contribution in [2.45, 2.75) is 32.7 Å². The molecule has 174 valence electrons. The summed E-state index contributed by atoms with van der Waals surface area (Å²) in [5, 5.41) is 2.87. The number of rotatable bonds is 7. The molecule has 33 heavy (non-hydrogen) atoms. The summed E-state index contributed by atoms with van der Waals surface area (Å²) in [7, 11) is 1.64. The van der Waals surface area contributed by atoms with Gasteiger partial charge in [0, 0.05) is 50.8 Å². The van der Waals surface area contributed by atoms with E-state index in [1.807, 2.05) is 9.47 Å². The highest BCUT2D eigenvalue weighted by atomic mass is 16.5. The summed E-state index contributed by atoms with van der Waals surface area (Å²) in [5.74, 6) is 0.518. The van der Waals surface area contributed by atoms with Crippen LogP contribution in [0.3, 0.4) is 0 Å². The molecule has 9 heteroatoms. The van der Waals surface area contributed by atoms with Crippen LogP contribution in [0.1, 0.15) is 46.9 Å². The predicted molar refractivity (Wildman–Crippen MR) is 127 cm³/mol. The number of anilines is 2. The number of aromatic nitrogens is 3. The summed E-state index contributed by atoms with van der Waals surface area (Å²) in [5.41, 5.74) is 8.44. The van der Waals surface area contributed by atoms with Crippen LogP contribution in [0.4, 0.5) is 11.6 Å². The zero-order valence-corrected chi connectivity index (χ0v) is 19.1. The molecule has 1 unspecified atom stereocenters. The van der Waals surface area contributed by atoms with Crippen molar-refractivity contribution in [1.29, 1.82) is 0 Å². The van der Waals surface area contributed by atoms with Crippen molar-refractivity contribution >= 4 is 34.6 Å². The quantitative estimate of drug-likeness (QED) is 0.422. The van der Waals surface area contributed by atoms with E-state index in [9.17, 15) is 9.59 Å². The fourth-order valence-corrected chi connectivity index (χ4v) is 4.21. The molecule has 1 saturated heterocycles. The van der Waals surface area contributed by atoms with Crippen molar-refractivity contribution in [2.75, 3.05) is 37.9 Å². The van der Waals surface area contributed by atoms with Crippen LogP contribution in [0.2, 0.25) is 0 Å². The van der Waals surface area contributed by atoms with Gasteiger partial charge in [-0.1, -0.05) is 13.0 Å². The molecule has 1 atom stereocenters. The lowest BCUT2D eigenvalue weighted by Gasteiger charge is -2.30. The average Bonchev–Trinajstić information content (AvgIpc) is 3.15. The molecule has 0 bridgehead atoms. The number of likely N-dealkylation sites (tertiary alicyclic amines) is 1. The van der Waals surface area contributed by atoms with E-state index in [2.05, 4.69) is 22.2 Å². The number of aryl methyl sites for hydroxylation is 1. The van der Waals surface area contributed by atoms with Gasteiger partial charge in [-0.2, -0.15) is 0 Å². The molecule has 3 aromatic rings. The third-order valence-electron chi connectivity index (χ3n) is 5.88. The van der Waals surface area contributed by atoms with E-state index < -0.39 is 0 Å². The van der Waals surface area contributed by atoms with Gasteiger partial charge in [0.1, 0.15) is 5.52 Å². The zero-order valence-electron chi connectivity index (χ0n) is 19.1. The van der Waals surface area contributed by atoms with Gasteiger partial charge in [-0.3, -0.25) is 19.5 Å². The van der Waals surface area contributed by atoms with Gasteiger partial charge in [0.05, 0.1) is 5.56 Å². The van der Waals surface area contributed by atoms with E-state index in [4.69, 9.17) is 10.5 Å². The zero-order chi connectivity index (χ0) is 23.4. The summed E-state index contributed by atoms with van der Waals surface area (Å²) in [6.07, 6.45) is 4.47. The first-order chi connectivity index (χ1) is 16.0. The first kappa shape index (κ1) is 22.7. The topological polar surface area (TPSA) is 115 Å². The number of ether oxygens (including phenoxy) is 1. The number of amides is 2. The second-order valence-corrected chi connectivity index (χ2v) is 8.58. The number of fused-ring (bicyclic) bond motifs is 1. The van der Waals surface area contributed by atoms with E-state index in [1.54, 1.807) is 43.6 Å². The van der Waals surface area contributed by atoms with Crippen molar-refractivity contribution in [3.8, 4) is 0 Å². The normalized spacial score (nSPS) is 16.2. The predicted octanol–water partition coefficient (Wildman–Crippen LogP) is 3.17. The van der Waals surface area contributed by atoms with Crippen LogP contribution in [0.15, 0.2) is 36.5 Å². The highest BCUT2D eigenvalue weighted by Gasteiger charge is 2.24. The van der Waals surface area contributed by atoms with Crippen molar-refractivity contribution < 1.29 is 14.3 Å². The lowest BCUT2D eigenvalue weighted by Crippen LogP contribution is -2.39. The molecule has 4 rings (SSSR count). The van der Waals surface area contributed by atoms with Gasteiger partial charge in [-0.05, 0) is 49.4 Å². The summed E-state index contributed by atoms with van der Waals surface area (Å²) in [4.78, 5) is 36.9. The van der Waals surface area contributed by atoms with E-state index in [0.29, 0.717) is 53.0 Å². The molecule has 2 aromatic heterocycles. The van der Waals surface area contributed by atoms with Crippen molar-refractivity contribution in [2.24, 2.45) is 5.92 Å². The molecule has 2 amide bonds. The molecule has 3 heterocycles. The molecule has 1 aromatic carbocycles. The first-order valence-corrected chi connectivity index (χ1v) is 11.3. The molecule has 0 radical (unpaired) electrons. The Balaban J connectivity index is 1.64. The minimum Gasteiger partial charge on any atom is -0.399 e. The molecular formula is C24H30N6O3. The molecule has 9 nitrogen and oxygen atoms in total. The van der Waals surface area contributed by atoms with Crippen LogP contribution in [0, 0.1) is 5.92 Å². The number of carbonyl (C=O) groups is 2. The number of piperidine rings is 1. The Hall–Kier alpha value is -3.46. The van der Waals surface area contributed by atoms with Gasteiger partial charge >= 0.3 is 0 Å². The van der Waals surface area contributed by atoms with E-state index >= 15 is 0 Å². The smallest absolute Gasteiger partial charge is 0.258 e. The number of imidazole rings is 1. The SMILES string of the molecule is COCCCn1c(NC(=O)c2cccc(N)c2)nc2cc(C(=O)N3CCCC(C)C3)cnc21. The van der Waals surface area contributed by atoms with Crippen molar-refractivity contribution in [3.05, 3.63) is 47.7 Å². The van der Waals surface area contributed by atoms with Gasteiger partial charge in [0.15, 0.2) is 5.65 Å². The second kappa shape index (κ2) is 9.99. The Morgan fingerprint density at radius 2 is 2.12 bits per heavy atom. The third-order valence-corrected chi connectivity index (χ3v) is 5.88. The van der Waals surface area contributed by atoms with Crippen LogP contribution in [-0.2, 0) is 11.3 Å². The number of pyridine rings is 1. The Morgan fingerprint density at radius 1 is 1.27 bits per heavy atom. The largest absolute Gasteiger partial charge is 0.399 e. The Morgan fingerprint density at radius 3 is 2.88 bits per heavy atom. The number of nitrogens with two attached hydrogens (primary N) is 1. The molecule has 1 fully saturated rings. The van der Waals surface area contributed by atoms with Crippen molar-refractivity contribution in [3.63, 3.8) is 0 Å². The molecule has 1 aliphatic heterocycles. The number of methoxy groups -OCH3 is 1. The minimum atomic E-state index is -0.316. The number of carbonyl (C=O) groups excluding carboxylic acids is 2. The lowest BCUT2D eigenvalue weighted by molar-refractivity contribution is 0.0682. The van der Waals surface area contributed by atoms with Gasteiger partial charge in [0.25, 0.3) is 11.8 Å². The van der Waals surface area contributed by atoms with Crippen LogP contribution in [-0.4, -0.2) is 58.1 Å². The molecule has 3 N–H and O–H groups in total. The van der Waals surface area contributed by atoms with Crippen LogP contribution in [0.25, 0.3) is 11.2 Å². The molecule has 0 spiro atoms. The number of nitrogens with zero attached hydrogens (tertiary/aromatic N) is 4. The van der Waals surface area contributed by atoms with Crippen LogP contribution >= 0.6 is 0 Å². The minimum absolute atomic E-state index is 0.0322. The summed E-state index contributed by atoms with van der Waals surface area (Å²) in [6.45, 7) is 4.79. The highest BCUT2D eigenvalue weighted by Crippen LogP contribution is 2.23. The van der Waals surface area contributed by atoms with Crippen LogP contribution < -0.4 is 11.1 Å². The highest BCUT2D eigenvalue weighted by molar-refractivity contribution is 6.04. The summed E-state index contributed by atoms with van der Waals surface area (Å²) >= 11 is 0. The fourth-order valence-electron chi connectivity index (χ4n) is 4.21. The maximum absolute atomic E-state index is 13.0. The number of nitrogen functional groups attached to an aromatic ring is 1. The van der Waals surface area contributed by atoms with Crippen molar-refractivity contribution in [1.82, 2.24) is 19.4 Å². The number of nitrogens with one attached hydrogen (secondary N) is 1. The Kier molecular flexibility index (Phi) is 6.88. The van der Waals surface area contributed by atoms with Gasteiger partial charge in [-0.25, -0.2) is 9.97 Å². The third kappa shape index (κ3) is 5.14. The van der Waals surface area contributed by atoms with E-state index in [0.717, 1.165) is 32.4 Å². The van der Waals surface area contributed by atoms with Gasteiger partial charge < -0.3 is 15.4 Å². The van der Waals surface area contributed by atoms with Gasteiger partial charge in [0.2, 0.25) is 5.95 Å². The molecule has 1 aliphatic rings. The number of benzene rings is 1. The van der Waals surface area contributed by atoms with Crippen LogP contribution in [0.5, 0.6) is 0 Å². The van der Waals surface area contributed by atoms with Gasteiger partial charge in [-0.15, -0.1) is 0 Å². The van der Waals surface area contributed by atoms with E-state index in [-0.39, 0.29) is 11.8 Å². The standard InChI is InChI=1S/C24H30N6O3/c1-16-6-4-9-29(15-16)23(32)18-13-20-21(26-14-18)30(10-5-11-33-2)24(27-20)28-22(31)17-7-3-8-19(25)12-17/h3,7-8,12-14,16H,4-6,9-11,15,25H2,1-2H3,(H,27,28,31).